The van der Waals surface area contributed by atoms with Crippen LogP contribution in [0.5, 0.6) is 0 Å². The van der Waals surface area contributed by atoms with E-state index in [1.54, 1.807) is 17.9 Å². The van der Waals surface area contributed by atoms with Crippen LogP contribution in [0, 0.1) is 6.92 Å². The summed E-state index contributed by atoms with van der Waals surface area (Å²) < 4.78 is 6.89. The predicted molar refractivity (Wildman–Crippen MR) is 144 cm³/mol. The smallest absolute Gasteiger partial charge is 0.247 e. The molecule has 0 aliphatic heterocycles. The molecule has 1 aromatic heterocycles. The van der Waals surface area contributed by atoms with Gasteiger partial charge in [-0.3, -0.25) is 9.59 Å². The lowest BCUT2D eigenvalue weighted by Gasteiger charge is -2.21. The number of anilines is 1. The molecule has 0 bridgehead atoms. The molecule has 1 N–H and O–H groups in total. The minimum atomic E-state index is -0.289. The Labute approximate surface area is 213 Å². The summed E-state index contributed by atoms with van der Waals surface area (Å²) in [4.78, 5) is 27.6. The molecule has 0 spiro atoms. The highest BCUT2D eigenvalue weighted by molar-refractivity contribution is 5.97. The summed E-state index contributed by atoms with van der Waals surface area (Å²) in [5.41, 5.74) is 3.54. The molecule has 0 unspecified atom stereocenters. The zero-order valence-electron chi connectivity index (χ0n) is 21.8. The Morgan fingerprint density at radius 2 is 1.83 bits per heavy atom. The van der Waals surface area contributed by atoms with Crippen LogP contribution in [0.15, 0.2) is 66.7 Å². The van der Waals surface area contributed by atoms with Crippen molar-refractivity contribution in [2.24, 2.45) is 0 Å². The molecule has 3 aromatic rings. The van der Waals surface area contributed by atoms with Crippen LogP contribution < -0.4 is 5.32 Å². The summed E-state index contributed by atoms with van der Waals surface area (Å²) in [5.74, 6) is 0.0514. The number of aromatic nitrogens is 2. The fourth-order valence-electron chi connectivity index (χ4n) is 3.65. The zero-order valence-corrected chi connectivity index (χ0v) is 21.8. The van der Waals surface area contributed by atoms with Crippen LogP contribution in [0.2, 0.25) is 0 Å². The summed E-state index contributed by atoms with van der Waals surface area (Å²) in [6.45, 7) is 9.09. The highest BCUT2D eigenvalue weighted by Crippen LogP contribution is 2.26. The molecule has 0 aliphatic rings. The van der Waals surface area contributed by atoms with Gasteiger partial charge in [-0.1, -0.05) is 63.2 Å². The first-order valence-corrected chi connectivity index (χ1v) is 12.2. The van der Waals surface area contributed by atoms with E-state index < -0.39 is 0 Å². The molecule has 190 valence electrons. The molecular weight excluding hydrogens is 452 g/mol. The lowest BCUT2D eigenvalue weighted by atomic mass is 9.92. The summed E-state index contributed by atoms with van der Waals surface area (Å²) in [6, 6.07) is 19.4. The molecule has 0 saturated heterocycles. The number of carbonyl (C=O) groups is 2. The lowest BCUT2D eigenvalue weighted by Crippen LogP contribution is -2.38. The van der Waals surface area contributed by atoms with Crippen molar-refractivity contribution in [1.29, 1.82) is 0 Å². The third kappa shape index (κ3) is 7.65. The summed E-state index contributed by atoms with van der Waals surface area (Å²) in [5, 5.41) is 7.76. The Hall–Kier alpha value is -3.71. The van der Waals surface area contributed by atoms with E-state index in [9.17, 15) is 9.59 Å². The van der Waals surface area contributed by atoms with Crippen molar-refractivity contribution in [1.82, 2.24) is 14.7 Å². The van der Waals surface area contributed by atoms with Gasteiger partial charge >= 0.3 is 0 Å². The van der Waals surface area contributed by atoms with E-state index in [0.717, 1.165) is 22.5 Å². The van der Waals surface area contributed by atoms with E-state index in [1.165, 1.54) is 11.0 Å². The number of hydrogen-bond donors (Lipinski definition) is 1. The lowest BCUT2D eigenvalue weighted by molar-refractivity contribution is -0.130. The minimum Gasteiger partial charge on any atom is -0.385 e. The van der Waals surface area contributed by atoms with Gasteiger partial charge in [-0.25, -0.2) is 4.68 Å². The minimum absolute atomic E-state index is 0.0779. The van der Waals surface area contributed by atoms with Gasteiger partial charge in [0, 0.05) is 37.8 Å². The number of aryl methyl sites for hydroxylation is 1. The van der Waals surface area contributed by atoms with Gasteiger partial charge < -0.3 is 15.0 Å². The van der Waals surface area contributed by atoms with Crippen molar-refractivity contribution in [3.05, 3.63) is 83.6 Å². The molecule has 0 saturated carbocycles. The van der Waals surface area contributed by atoms with Gasteiger partial charge in [-0.15, -0.1) is 0 Å². The molecule has 2 amide bonds. The number of methoxy groups -OCH3 is 1. The molecule has 1 heterocycles. The number of hydrogen-bond acceptors (Lipinski definition) is 4. The Bertz CT molecular complexity index is 1190. The molecule has 2 aromatic carbocycles. The average molecular weight is 489 g/mol. The fraction of sp³-hybridized carbons (Fsp3) is 0.345. The molecule has 36 heavy (non-hydrogen) atoms. The average Bonchev–Trinajstić information content (AvgIpc) is 3.27. The second kappa shape index (κ2) is 12.3. The van der Waals surface area contributed by atoms with E-state index >= 15 is 0 Å². The molecule has 7 heteroatoms. The largest absolute Gasteiger partial charge is 0.385 e. The van der Waals surface area contributed by atoms with E-state index in [2.05, 4.69) is 26.1 Å². The first kappa shape index (κ1) is 26.9. The van der Waals surface area contributed by atoms with Gasteiger partial charge in [0.05, 0.1) is 11.4 Å². The number of rotatable bonds is 10. The standard InChI is InChI=1S/C29H36N4O3/c1-22-11-9-14-24(19-22)33-26(20-25(31-33)29(2,3)4)30-27(34)21-32(17-10-18-36-5)28(35)16-15-23-12-7-6-8-13-23/h6-9,11-16,19-20H,10,17-18,21H2,1-5H3,(H,30,34)/b16-15+. The second-order valence-electron chi connectivity index (χ2n) is 9.81. The van der Waals surface area contributed by atoms with E-state index in [0.29, 0.717) is 25.4 Å². The predicted octanol–water partition coefficient (Wildman–Crippen LogP) is 5.00. The van der Waals surface area contributed by atoms with Crippen molar-refractivity contribution in [3.8, 4) is 5.69 Å². The Kier molecular flexibility index (Phi) is 9.19. The first-order valence-electron chi connectivity index (χ1n) is 12.2. The van der Waals surface area contributed by atoms with E-state index in [1.807, 2.05) is 67.6 Å². The van der Waals surface area contributed by atoms with Crippen molar-refractivity contribution in [2.75, 3.05) is 32.1 Å². The van der Waals surface area contributed by atoms with Gasteiger partial charge in [-0.05, 0) is 42.7 Å². The Balaban J connectivity index is 1.80. The quantitative estimate of drug-likeness (QED) is 0.322. The topological polar surface area (TPSA) is 76.5 Å². The zero-order chi connectivity index (χ0) is 26.1. The van der Waals surface area contributed by atoms with Crippen LogP contribution in [-0.2, 0) is 19.7 Å². The van der Waals surface area contributed by atoms with E-state index in [4.69, 9.17) is 9.84 Å². The highest BCUT2D eigenvalue weighted by Gasteiger charge is 2.22. The Morgan fingerprint density at radius 1 is 1.08 bits per heavy atom. The van der Waals surface area contributed by atoms with Crippen molar-refractivity contribution in [2.45, 2.75) is 39.5 Å². The second-order valence-corrected chi connectivity index (χ2v) is 9.81. The number of benzene rings is 2. The van der Waals surface area contributed by atoms with Crippen LogP contribution in [0.1, 0.15) is 44.0 Å². The van der Waals surface area contributed by atoms with Crippen LogP contribution in [0.4, 0.5) is 5.82 Å². The van der Waals surface area contributed by atoms with Crippen LogP contribution in [0.25, 0.3) is 11.8 Å². The normalized spacial score (nSPS) is 11.6. The summed E-state index contributed by atoms with van der Waals surface area (Å²) in [7, 11) is 1.62. The number of ether oxygens (including phenoxy) is 1. The molecule has 0 aliphatic carbocycles. The SMILES string of the molecule is COCCCN(CC(=O)Nc1cc(C(C)(C)C)nn1-c1cccc(C)c1)C(=O)/C=C/c1ccccc1. The maximum absolute atomic E-state index is 13.1. The van der Waals surface area contributed by atoms with Crippen molar-refractivity contribution >= 4 is 23.7 Å². The van der Waals surface area contributed by atoms with Crippen LogP contribution in [0.3, 0.4) is 0 Å². The molecule has 7 nitrogen and oxygen atoms in total. The molecular formula is C29H36N4O3. The third-order valence-electron chi connectivity index (χ3n) is 5.63. The van der Waals surface area contributed by atoms with Gasteiger partial charge in [0.25, 0.3) is 0 Å². The van der Waals surface area contributed by atoms with Gasteiger partial charge in [0.1, 0.15) is 12.4 Å². The monoisotopic (exact) mass is 488 g/mol. The van der Waals surface area contributed by atoms with Gasteiger partial charge in [-0.2, -0.15) is 5.10 Å². The van der Waals surface area contributed by atoms with E-state index in [-0.39, 0.29) is 23.8 Å². The fourth-order valence-corrected chi connectivity index (χ4v) is 3.65. The maximum Gasteiger partial charge on any atom is 0.247 e. The summed E-state index contributed by atoms with van der Waals surface area (Å²) >= 11 is 0. The molecule has 0 atom stereocenters. The number of nitrogens with zero attached hydrogens (tertiary/aromatic N) is 3. The van der Waals surface area contributed by atoms with Crippen LogP contribution >= 0.6 is 0 Å². The first-order chi connectivity index (χ1) is 17.2. The maximum atomic E-state index is 13.1. The molecule has 0 radical (unpaired) electrons. The molecule has 0 fully saturated rings. The Morgan fingerprint density at radius 3 is 2.50 bits per heavy atom. The molecule has 3 rings (SSSR count). The van der Waals surface area contributed by atoms with Gasteiger partial charge in [0.15, 0.2) is 0 Å². The highest BCUT2D eigenvalue weighted by atomic mass is 16.5. The van der Waals surface area contributed by atoms with Crippen molar-refractivity contribution in [3.63, 3.8) is 0 Å². The number of amides is 2. The number of nitrogens with one attached hydrogen (secondary N) is 1. The number of carbonyl (C=O) groups excluding carboxylic acids is 2. The summed E-state index contributed by atoms with van der Waals surface area (Å²) in [6.07, 6.45) is 3.89. The third-order valence-corrected chi connectivity index (χ3v) is 5.63. The van der Waals surface area contributed by atoms with Crippen LogP contribution in [-0.4, -0.2) is 53.3 Å². The van der Waals surface area contributed by atoms with Gasteiger partial charge in [0.2, 0.25) is 11.8 Å². The van der Waals surface area contributed by atoms with Crippen molar-refractivity contribution < 1.29 is 14.3 Å².